The van der Waals surface area contributed by atoms with Crippen LogP contribution in [0.5, 0.6) is 0 Å². The minimum Gasteiger partial charge on any atom is -0.364 e. The summed E-state index contributed by atoms with van der Waals surface area (Å²) in [5.41, 5.74) is 2.18. The molecule has 0 aromatic carbocycles. The van der Waals surface area contributed by atoms with Crippen LogP contribution in [-0.2, 0) is 6.42 Å². The number of allylic oxidation sites excluding steroid dienone is 1. The standard InChI is InChI=1S/C14H17N2/c1-4-7-13-12-15-9-8-14(13)16(10-5-2)11-6-3/h4-6,8-9H,1-3,7,10-11H2. The second-order valence-corrected chi connectivity index (χ2v) is 3.40. The van der Waals surface area contributed by atoms with Gasteiger partial charge in [-0.05, 0) is 12.5 Å². The molecule has 0 bridgehead atoms. The molecule has 0 aliphatic carbocycles. The van der Waals surface area contributed by atoms with Gasteiger partial charge in [-0.25, -0.2) is 0 Å². The molecular formula is C14H17N2. The van der Waals surface area contributed by atoms with E-state index in [1.165, 1.54) is 0 Å². The third kappa shape index (κ3) is 3.09. The Morgan fingerprint density at radius 2 is 1.88 bits per heavy atom. The number of hydrogen-bond donors (Lipinski definition) is 0. The molecular weight excluding hydrogens is 196 g/mol. The van der Waals surface area contributed by atoms with Gasteiger partial charge in [0.05, 0.1) is 6.20 Å². The third-order valence-corrected chi connectivity index (χ3v) is 2.20. The maximum atomic E-state index is 4.02. The molecule has 0 saturated carbocycles. The van der Waals surface area contributed by atoms with E-state index in [-0.39, 0.29) is 0 Å². The highest BCUT2D eigenvalue weighted by molar-refractivity contribution is 5.53. The summed E-state index contributed by atoms with van der Waals surface area (Å²) in [6.45, 7) is 12.8. The molecule has 0 fully saturated rings. The first-order chi connectivity index (χ1) is 7.83. The number of anilines is 1. The zero-order valence-electron chi connectivity index (χ0n) is 9.52. The summed E-state index contributed by atoms with van der Waals surface area (Å²) in [5.74, 6) is 0. The summed E-state index contributed by atoms with van der Waals surface area (Å²) in [5, 5.41) is 0. The highest BCUT2D eigenvalue weighted by Crippen LogP contribution is 2.19. The van der Waals surface area contributed by atoms with E-state index in [0.29, 0.717) is 0 Å². The second-order valence-electron chi connectivity index (χ2n) is 3.40. The third-order valence-electron chi connectivity index (χ3n) is 2.20. The van der Waals surface area contributed by atoms with Gasteiger partial charge in [-0.2, -0.15) is 0 Å². The minimum absolute atomic E-state index is 0.772. The lowest BCUT2D eigenvalue weighted by atomic mass is 10.1. The zero-order chi connectivity index (χ0) is 11.8. The molecule has 0 aliphatic heterocycles. The van der Waals surface area contributed by atoms with Crippen molar-refractivity contribution in [2.24, 2.45) is 0 Å². The monoisotopic (exact) mass is 213 g/mol. The van der Waals surface area contributed by atoms with Gasteiger partial charge in [0.1, 0.15) is 0 Å². The first-order valence-electron chi connectivity index (χ1n) is 5.26. The van der Waals surface area contributed by atoms with Crippen molar-refractivity contribution in [2.75, 3.05) is 18.0 Å². The van der Waals surface area contributed by atoms with E-state index in [4.69, 9.17) is 0 Å². The molecule has 83 valence electrons. The number of nitrogens with zero attached hydrogens (tertiary/aromatic N) is 2. The first-order valence-corrected chi connectivity index (χ1v) is 5.26. The van der Waals surface area contributed by atoms with Crippen LogP contribution in [0.1, 0.15) is 5.56 Å². The summed E-state index contributed by atoms with van der Waals surface area (Å²) in [6, 6.07) is 1.99. The molecule has 2 nitrogen and oxygen atoms in total. The van der Waals surface area contributed by atoms with E-state index in [0.717, 1.165) is 30.8 Å². The molecule has 0 atom stereocenters. The van der Waals surface area contributed by atoms with E-state index in [1.54, 1.807) is 6.20 Å². The molecule has 16 heavy (non-hydrogen) atoms. The Hall–Kier alpha value is -1.83. The minimum atomic E-state index is 0.772. The smallest absolute Gasteiger partial charge is 0.0945 e. The Labute approximate surface area is 97.6 Å². The molecule has 0 amide bonds. The molecule has 1 aromatic heterocycles. The van der Waals surface area contributed by atoms with Gasteiger partial charge in [0.2, 0.25) is 0 Å². The summed E-state index contributed by atoms with van der Waals surface area (Å²) < 4.78 is 0. The maximum absolute atomic E-state index is 4.02. The van der Waals surface area contributed by atoms with Crippen molar-refractivity contribution in [3.05, 3.63) is 62.0 Å². The molecule has 1 rings (SSSR count). The number of rotatable bonds is 7. The van der Waals surface area contributed by atoms with Crippen LogP contribution < -0.4 is 4.90 Å². The fraction of sp³-hybridized carbons (Fsp3) is 0.214. The average molecular weight is 213 g/mol. The lowest BCUT2D eigenvalue weighted by Gasteiger charge is -2.23. The predicted octanol–water partition coefficient (Wildman–Crippen LogP) is 2.79. The maximum Gasteiger partial charge on any atom is 0.0945 e. The Balaban J connectivity index is 3.00. The van der Waals surface area contributed by atoms with Crippen molar-refractivity contribution in [3.8, 4) is 0 Å². The fourth-order valence-corrected chi connectivity index (χ4v) is 1.55. The zero-order valence-corrected chi connectivity index (χ0v) is 9.52. The van der Waals surface area contributed by atoms with E-state index in [1.807, 2.05) is 24.3 Å². The molecule has 2 heteroatoms. The van der Waals surface area contributed by atoms with Crippen LogP contribution in [0.25, 0.3) is 0 Å². The van der Waals surface area contributed by atoms with Crippen LogP contribution in [0.15, 0.2) is 50.2 Å². The van der Waals surface area contributed by atoms with Crippen molar-refractivity contribution in [1.29, 1.82) is 0 Å². The Morgan fingerprint density at radius 1 is 1.19 bits per heavy atom. The van der Waals surface area contributed by atoms with Crippen molar-refractivity contribution in [2.45, 2.75) is 6.42 Å². The summed E-state index contributed by atoms with van der Waals surface area (Å²) in [7, 11) is 0. The largest absolute Gasteiger partial charge is 0.364 e. The van der Waals surface area contributed by atoms with Crippen LogP contribution in [0, 0.1) is 6.20 Å². The van der Waals surface area contributed by atoms with Crippen LogP contribution in [0.3, 0.4) is 0 Å². The topological polar surface area (TPSA) is 16.1 Å². The van der Waals surface area contributed by atoms with Gasteiger partial charge in [0.15, 0.2) is 0 Å². The van der Waals surface area contributed by atoms with Crippen LogP contribution in [-0.4, -0.2) is 18.1 Å². The van der Waals surface area contributed by atoms with Gasteiger partial charge in [0, 0.05) is 30.5 Å². The number of pyridine rings is 1. The molecule has 1 aromatic rings. The lowest BCUT2D eigenvalue weighted by molar-refractivity contribution is 0.938. The van der Waals surface area contributed by atoms with Crippen molar-refractivity contribution >= 4 is 5.69 Å². The van der Waals surface area contributed by atoms with Crippen LogP contribution >= 0.6 is 0 Å². The molecule has 0 saturated heterocycles. The summed E-state index contributed by atoms with van der Waals surface area (Å²) in [4.78, 5) is 6.19. The van der Waals surface area contributed by atoms with Crippen LogP contribution in [0.2, 0.25) is 0 Å². The summed E-state index contributed by atoms with van der Waals surface area (Å²) in [6.07, 6.45) is 11.1. The SMILES string of the molecule is C=CCc1[c]nccc1N(CC=C)CC=C. The highest BCUT2D eigenvalue weighted by atomic mass is 15.1. The quantitative estimate of drug-likeness (QED) is 0.647. The number of aromatic nitrogens is 1. The van der Waals surface area contributed by atoms with Gasteiger partial charge in [-0.3, -0.25) is 4.98 Å². The molecule has 0 unspecified atom stereocenters. The van der Waals surface area contributed by atoms with Crippen molar-refractivity contribution < 1.29 is 0 Å². The summed E-state index contributed by atoms with van der Waals surface area (Å²) >= 11 is 0. The molecule has 0 N–H and O–H groups in total. The van der Waals surface area contributed by atoms with E-state index >= 15 is 0 Å². The van der Waals surface area contributed by atoms with E-state index in [2.05, 4.69) is 35.8 Å². The molecule has 1 radical (unpaired) electrons. The predicted molar refractivity (Wildman–Crippen MR) is 69.6 cm³/mol. The Kier molecular flexibility index (Phi) is 5.06. The van der Waals surface area contributed by atoms with Crippen LogP contribution in [0.4, 0.5) is 5.69 Å². The molecule has 1 heterocycles. The Bertz CT molecular complexity index is 359. The van der Waals surface area contributed by atoms with Gasteiger partial charge in [-0.1, -0.05) is 18.2 Å². The van der Waals surface area contributed by atoms with Gasteiger partial charge in [-0.15, -0.1) is 19.7 Å². The Morgan fingerprint density at radius 3 is 2.44 bits per heavy atom. The molecule has 0 spiro atoms. The van der Waals surface area contributed by atoms with Gasteiger partial charge < -0.3 is 4.90 Å². The first kappa shape index (κ1) is 12.2. The fourth-order valence-electron chi connectivity index (χ4n) is 1.55. The average Bonchev–Trinajstić information content (AvgIpc) is 2.30. The highest BCUT2D eigenvalue weighted by Gasteiger charge is 2.07. The van der Waals surface area contributed by atoms with E-state index < -0.39 is 0 Å². The van der Waals surface area contributed by atoms with Gasteiger partial charge >= 0.3 is 0 Å². The van der Waals surface area contributed by atoms with Crippen molar-refractivity contribution in [1.82, 2.24) is 4.98 Å². The van der Waals surface area contributed by atoms with E-state index in [9.17, 15) is 0 Å². The molecule has 0 aliphatic rings. The van der Waals surface area contributed by atoms with Crippen molar-refractivity contribution in [3.63, 3.8) is 0 Å². The second kappa shape index (κ2) is 6.62. The number of hydrogen-bond acceptors (Lipinski definition) is 2. The van der Waals surface area contributed by atoms with Gasteiger partial charge in [0.25, 0.3) is 0 Å². The normalized spacial score (nSPS) is 9.50. The lowest BCUT2D eigenvalue weighted by Crippen LogP contribution is -2.24.